The predicted octanol–water partition coefficient (Wildman–Crippen LogP) is 2.36. The summed E-state index contributed by atoms with van der Waals surface area (Å²) in [6.07, 6.45) is 1.28. The molecule has 1 atom stereocenters. The number of hydrogen-bond acceptors (Lipinski definition) is 3. The van der Waals surface area contributed by atoms with Gasteiger partial charge in [-0.25, -0.2) is 0 Å². The third-order valence-corrected chi connectivity index (χ3v) is 3.71. The van der Waals surface area contributed by atoms with Crippen molar-refractivity contribution in [3.05, 3.63) is 23.3 Å². The number of anilines is 1. The van der Waals surface area contributed by atoms with E-state index in [0.717, 1.165) is 31.3 Å². The van der Waals surface area contributed by atoms with Crippen molar-refractivity contribution in [2.75, 3.05) is 38.7 Å². The van der Waals surface area contributed by atoms with Crippen LogP contribution in [0.15, 0.2) is 12.1 Å². The van der Waals surface area contributed by atoms with Crippen LogP contribution < -0.4 is 15.0 Å². The molecule has 3 heteroatoms. The maximum atomic E-state index is 5.54. The first kappa shape index (κ1) is 13.2. The molecule has 1 N–H and O–H groups in total. The van der Waals surface area contributed by atoms with E-state index in [1.165, 1.54) is 23.2 Å². The van der Waals surface area contributed by atoms with Crippen molar-refractivity contribution >= 4 is 5.69 Å². The Hall–Kier alpha value is -1.22. The summed E-state index contributed by atoms with van der Waals surface area (Å²) in [5.74, 6) is 1.74. The van der Waals surface area contributed by atoms with Gasteiger partial charge in [-0.15, -0.1) is 0 Å². The predicted molar refractivity (Wildman–Crippen MR) is 76.7 cm³/mol. The highest BCUT2D eigenvalue weighted by atomic mass is 16.5. The molecule has 0 aliphatic carbocycles. The number of nitrogens with one attached hydrogen (secondary N) is 1. The molecule has 1 aliphatic rings. The Bertz CT molecular complexity index is 411. The Kier molecular flexibility index (Phi) is 4.12. The monoisotopic (exact) mass is 248 g/mol. The highest BCUT2D eigenvalue weighted by Gasteiger charge is 2.19. The van der Waals surface area contributed by atoms with E-state index in [4.69, 9.17) is 4.74 Å². The van der Waals surface area contributed by atoms with E-state index in [9.17, 15) is 0 Å². The maximum absolute atomic E-state index is 5.54. The van der Waals surface area contributed by atoms with Crippen molar-refractivity contribution in [3.8, 4) is 5.75 Å². The molecule has 3 nitrogen and oxygen atoms in total. The van der Waals surface area contributed by atoms with Gasteiger partial charge >= 0.3 is 0 Å². The second-order valence-electron chi connectivity index (χ2n) is 5.37. The van der Waals surface area contributed by atoms with Gasteiger partial charge in [0.05, 0.1) is 12.8 Å². The molecule has 0 amide bonds. The van der Waals surface area contributed by atoms with Crippen molar-refractivity contribution in [2.45, 2.75) is 20.3 Å². The Morgan fingerprint density at radius 1 is 1.39 bits per heavy atom. The third kappa shape index (κ3) is 2.78. The van der Waals surface area contributed by atoms with Gasteiger partial charge in [-0.2, -0.15) is 0 Å². The molecule has 1 heterocycles. The summed E-state index contributed by atoms with van der Waals surface area (Å²) >= 11 is 0. The molecule has 18 heavy (non-hydrogen) atoms. The molecule has 1 saturated heterocycles. The molecule has 1 aliphatic heterocycles. The van der Waals surface area contributed by atoms with Crippen LogP contribution in [0.4, 0.5) is 5.69 Å². The van der Waals surface area contributed by atoms with Gasteiger partial charge in [0.25, 0.3) is 0 Å². The Labute approximate surface area is 110 Å². The van der Waals surface area contributed by atoms with Crippen LogP contribution in [0.5, 0.6) is 5.75 Å². The number of ether oxygens (including phenoxy) is 1. The van der Waals surface area contributed by atoms with E-state index in [1.54, 1.807) is 7.11 Å². The molecule has 1 fully saturated rings. The average Bonchev–Trinajstić information content (AvgIpc) is 2.80. The fraction of sp³-hybridized carbons (Fsp3) is 0.600. The van der Waals surface area contributed by atoms with Gasteiger partial charge in [0.1, 0.15) is 5.75 Å². The van der Waals surface area contributed by atoms with Crippen molar-refractivity contribution in [1.29, 1.82) is 0 Å². The summed E-state index contributed by atoms with van der Waals surface area (Å²) in [7, 11) is 3.92. The molecule has 2 rings (SSSR count). The van der Waals surface area contributed by atoms with E-state index < -0.39 is 0 Å². The van der Waals surface area contributed by atoms with Gasteiger partial charge < -0.3 is 15.0 Å². The highest BCUT2D eigenvalue weighted by Crippen LogP contribution is 2.33. The zero-order valence-electron chi connectivity index (χ0n) is 11.9. The number of rotatable bonds is 4. The molecule has 0 bridgehead atoms. The van der Waals surface area contributed by atoms with Crippen LogP contribution in [0.25, 0.3) is 0 Å². The molecule has 1 aromatic rings. The zero-order valence-corrected chi connectivity index (χ0v) is 11.9. The first-order valence-corrected chi connectivity index (χ1v) is 6.69. The largest absolute Gasteiger partial charge is 0.495 e. The quantitative estimate of drug-likeness (QED) is 0.885. The molecule has 100 valence electrons. The number of nitrogens with zero attached hydrogens (tertiary/aromatic N) is 1. The highest BCUT2D eigenvalue weighted by molar-refractivity contribution is 5.64. The summed E-state index contributed by atoms with van der Waals surface area (Å²) in [4.78, 5) is 2.34. The van der Waals surface area contributed by atoms with Crippen LogP contribution in [0, 0.1) is 19.8 Å². The normalized spacial score (nSPS) is 19.0. The second kappa shape index (κ2) is 5.61. The van der Waals surface area contributed by atoms with E-state index in [2.05, 4.69) is 43.2 Å². The number of benzene rings is 1. The molecular formula is C15H24N2O. The number of methoxy groups -OCH3 is 1. The molecular weight excluding hydrogens is 224 g/mol. The fourth-order valence-electron chi connectivity index (χ4n) is 2.91. The maximum Gasteiger partial charge on any atom is 0.142 e. The van der Waals surface area contributed by atoms with Crippen molar-refractivity contribution < 1.29 is 4.74 Å². The van der Waals surface area contributed by atoms with Crippen molar-refractivity contribution in [2.24, 2.45) is 5.92 Å². The topological polar surface area (TPSA) is 24.5 Å². The minimum atomic E-state index is 0.750. The van der Waals surface area contributed by atoms with E-state index >= 15 is 0 Å². The van der Waals surface area contributed by atoms with Gasteiger partial charge in [-0.05, 0) is 56.5 Å². The van der Waals surface area contributed by atoms with Gasteiger partial charge in [0.2, 0.25) is 0 Å². The van der Waals surface area contributed by atoms with Gasteiger partial charge in [-0.3, -0.25) is 0 Å². The molecule has 0 radical (unpaired) electrons. The fourth-order valence-corrected chi connectivity index (χ4v) is 2.91. The van der Waals surface area contributed by atoms with Crippen LogP contribution in [0.2, 0.25) is 0 Å². The minimum absolute atomic E-state index is 0.750. The Balaban J connectivity index is 2.20. The SMILES string of the molecule is COc1cc(C)cc(C)c1N(C)CC1CCNC1. The summed E-state index contributed by atoms with van der Waals surface area (Å²) in [6, 6.07) is 4.34. The lowest BCUT2D eigenvalue weighted by Gasteiger charge is -2.26. The summed E-state index contributed by atoms with van der Waals surface area (Å²) in [6.45, 7) is 7.65. The second-order valence-corrected chi connectivity index (χ2v) is 5.37. The number of aryl methyl sites for hydroxylation is 2. The van der Waals surface area contributed by atoms with Gasteiger partial charge in [0, 0.05) is 13.6 Å². The molecule has 0 aromatic heterocycles. The average molecular weight is 248 g/mol. The molecule has 1 aromatic carbocycles. The zero-order chi connectivity index (χ0) is 13.1. The van der Waals surface area contributed by atoms with Crippen LogP contribution in [-0.2, 0) is 0 Å². The van der Waals surface area contributed by atoms with Crippen LogP contribution in [-0.4, -0.2) is 33.8 Å². The number of hydrogen-bond donors (Lipinski definition) is 1. The third-order valence-electron chi connectivity index (χ3n) is 3.71. The molecule has 1 unspecified atom stereocenters. The summed E-state index contributed by atoms with van der Waals surface area (Å²) in [5.41, 5.74) is 3.78. The lowest BCUT2D eigenvalue weighted by Crippen LogP contribution is -2.27. The van der Waals surface area contributed by atoms with Gasteiger partial charge in [-0.1, -0.05) is 6.07 Å². The van der Waals surface area contributed by atoms with Crippen LogP contribution >= 0.6 is 0 Å². The van der Waals surface area contributed by atoms with E-state index in [0.29, 0.717) is 0 Å². The lowest BCUT2D eigenvalue weighted by molar-refractivity contribution is 0.413. The first-order chi connectivity index (χ1) is 8.61. The lowest BCUT2D eigenvalue weighted by atomic mass is 10.1. The van der Waals surface area contributed by atoms with E-state index in [-0.39, 0.29) is 0 Å². The molecule has 0 spiro atoms. The van der Waals surface area contributed by atoms with Gasteiger partial charge in [0.15, 0.2) is 0 Å². The van der Waals surface area contributed by atoms with Crippen molar-refractivity contribution in [1.82, 2.24) is 5.32 Å². The Morgan fingerprint density at radius 2 is 2.17 bits per heavy atom. The smallest absolute Gasteiger partial charge is 0.142 e. The summed E-state index contributed by atoms with van der Waals surface area (Å²) in [5, 5.41) is 3.42. The van der Waals surface area contributed by atoms with Crippen LogP contribution in [0.1, 0.15) is 17.5 Å². The summed E-state index contributed by atoms with van der Waals surface area (Å²) < 4.78 is 5.54. The standard InChI is InChI=1S/C15H24N2O/c1-11-7-12(2)15(14(8-11)18-4)17(3)10-13-5-6-16-9-13/h7-8,13,16H,5-6,9-10H2,1-4H3. The Morgan fingerprint density at radius 3 is 2.78 bits per heavy atom. The van der Waals surface area contributed by atoms with Crippen molar-refractivity contribution in [3.63, 3.8) is 0 Å². The minimum Gasteiger partial charge on any atom is -0.495 e. The molecule has 0 saturated carbocycles. The van der Waals surface area contributed by atoms with Crippen LogP contribution in [0.3, 0.4) is 0 Å². The van der Waals surface area contributed by atoms with E-state index in [1.807, 2.05) is 0 Å². The first-order valence-electron chi connectivity index (χ1n) is 6.69.